The number of aliphatic hydroxyl groups is 1. The normalized spacial score (nSPS) is 9.08. The fourth-order valence-corrected chi connectivity index (χ4v) is 1.19. The molecule has 0 atom stereocenters. The average Bonchev–Trinajstić information content (AvgIpc) is 2.07. The maximum atomic E-state index is 12.9. The SMILES string of the molecule is CC.Cc1cc(Cl)cc(F)c1CO. The fraction of sp³-hybridized carbons (Fsp3) is 0.400. The van der Waals surface area contributed by atoms with Gasteiger partial charge >= 0.3 is 0 Å². The van der Waals surface area contributed by atoms with Crippen molar-refractivity contribution >= 4 is 11.6 Å². The first-order chi connectivity index (χ1) is 6.15. The summed E-state index contributed by atoms with van der Waals surface area (Å²) in [6, 6.07) is 2.82. The molecule has 0 aliphatic rings. The summed E-state index contributed by atoms with van der Waals surface area (Å²) >= 11 is 5.56. The molecule has 0 aromatic heterocycles. The third-order valence-corrected chi connectivity index (χ3v) is 1.76. The van der Waals surface area contributed by atoms with E-state index in [2.05, 4.69) is 0 Å². The molecule has 0 bridgehead atoms. The molecule has 0 amide bonds. The van der Waals surface area contributed by atoms with Crippen molar-refractivity contribution in [3.63, 3.8) is 0 Å². The fourth-order valence-electron chi connectivity index (χ4n) is 0.932. The molecular formula is C10H14ClFO. The van der Waals surface area contributed by atoms with Crippen LogP contribution in [0.3, 0.4) is 0 Å². The Morgan fingerprint density at radius 2 is 1.92 bits per heavy atom. The van der Waals surface area contributed by atoms with Crippen LogP contribution in [0.4, 0.5) is 4.39 Å². The van der Waals surface area contributed by atoms with E-state index in [1.165, 1.54) is 6.07 Å². The molecule has 0 radical (unpaired) electrons. The highest BCUT2D eigenvalue weighted by molar-refractivity contribution is 6.30. The van der Waals surface area contributed by atoms with Crippen LogP contribution in [-0.4, -0.2) is 5.11 Å². The number of rotatable bonds is 1. The lowest BCUT2D eigenvalue weighted by Crippen LogP contribution is -1.93. The Bertz CT molecular complexity index is 251. The van der Waals surface area contributed by atoms with E-state index in [9.17, 15) is 4.39 Å². The average molecular weight is 205 g/mol. The minimum Gasteiger partial charge on any atom is -0.392 e. The van der Waals surface area contributed by atoms with Crippen LogP contribution in [0.25, 0.3) is 0 Å². The molecule has 0 saturated carbocycles. The molecule has 0 aliphatic heterocycles. The quantitative estimate of drug-likeness (QED) is 0.744. The van der Waals surface area contributed by atoms with Crippen LogP contribution in [0.2, 0.25) is 5.02 Å². The molecule has 1 nitrogen and oxygen atoms in total. The number of halogens is 2. The summed E-state index contributed by atoms with van der Waals surface area (Å²) in [7, 11) is 0. The van der Waals surface area contributed by atoms with Crippen LogP contribution in [0.5, 0.6) is 0 Å². The van der Waals surface area contributed by atoms with Gasteiger partial charge < -0.3 is 5.11 Å². The lowest BCUT2D eigenvalue weighted by atomic mass is 10.1. The molecule has 1 aromatic carbocycles. The standard InChI is InChI=1S/C8H8ClFO.C2H6/c1-5-2-6(9)3-8(10)7(5)4-11;1-2/h2-3,11H,4H2,1H3;1-2H3. The Morgan fingerprint density at radius 1 is 1.38 bits per heavy atom. The molecule has 0 spiro atoms. The Kier molecular flexibility index (Phi) is 5.67. The van der Waals surface area contributed by atoms with Gasteiger partial charge in [-0.3, -0.25) is 0 Å². The zero-order chi connectivity index (χ0) is 10.4. The summed E-state index contributed by atoms with van der Waals surface area (Å²) < 4.78 is 12.9. The van der Waals surface area contributed by atoms with Gasteiger partial charge in [0.2, 0.25) is 0 Å². The molecule has 0 unspecified atom stereocenters. The van der Waals surface area contributed by atoms with E-state index in [0.717, 1.165) is 0 Å². The number of hydrogen-bond donors (Lipinski definition) is 1. The highest BCUT2D eigenvalue weighted by atomic mass is 35.5. The zero-order valence-corrected chi connectivity index (χ0v) is 8.82. The molecule has 0 aliphatic carbocycles. The molecular weight excluding hydrogens is 191 g/mol. The predicted octanol–water partition coefficient (Wildman–Crippen LogP) is 3.31. The van der Waals surface area contributed by atoms with Crippen molar-refractivity contribution in [2.75, 3.05) is 0 Å². The lowest BCUT2D eigenvalue weighted by molar-refractivity contribution is 0.275. The largest absolute Gasteiger partial charge is 0.392 e. The molecule has 3 heteroatoms. The number of benzene rings is 1. The second kappa shape index (κ2) is 5.95. The molecule has 0 fully saturated rings. The smallest absolute Gasteiger partial charge is 0.130 e. The zero-order valence-electron chi connectivity index (χ0n) is 8.06. The Hall–Kier alpha value is -0.600. The first kappa shape index (κ1) is 12.4. The predicted molar refractivity (Wildman–Crippen MR) is 53.4 cm³/mol. The maximum absolute atomic E-state index is 12.9. The second-order valence-electron chi connectivity index (χ2n) is 2.34. The van der Waals surface area contributed by atoms with Crippen molar-refractivity contribution in [3.8, 4) is 0 Å². The van der Waals surface area contributed by atoms with Gasteiger partial charge in [0.25, 0.3) is 0 Å². The molecule has 0 saturated heterocycles. The van der Waals surface area contributed by atoms with Crippen LogP contribution in [-0.2, 0) is 6.61 Å². The van der Waals surface area contributed by atoms with Crippen molar-refractivity contribution in [3.05, 3.63) is 34.1 Å². The van der Waals surface area contributed by atoms with E-state index >= 15 is 0 Å². The van der Waals surface area contributed by atoms with Gasteiger partial charge in [0.05, 0.1) is 6.61 Å². The highest BCUT2D eigenvalue weighted by Gasteiger charge is 2.05. The summed E-state index contributed by atoms with van der Waals surface area (Å²) in [5, 5.41) is 9.07. The van der Waals surface area contributed by atoms with Crippen molar-refractivity contribution in [1.29, 1.82) is 0 Å². The molecule has 1 rings (SSSR count). The Balaban J connectivity index is 0.000000671. The van der Waals surface area contributed by atoms with E-state index in [-0.39, 0.29) is 6.61 Å². The van der Waals surface area contributed by atoms with Gasteiger partial charge in [-0.25, -0.2) is 4.39 Å². The molecule has 0 heterocycles. The minimum atomic E-state index is -0.447. The molecule has 1 aromatic rings. The van der Waals surface area contributed by atoms with Crippen LogP contribution >= 0.6 is 11.6 Å². The van der Waals surface area contributed by atoms with Crippen molar-refractivity contribution in [2.24, 2.45) is 0 Å². The summed E-state index contributed by atoms with van der Waals surface area (Å²) in [5.74, 6) is -0.447. The summed E-state index contributed by atoms with van der Waals surface area (Å²) in [5.41, 5.74) is 0.993. The van der Waals surface area contributed by atoms with Gasteiger partial charge in [-0.15, -0.1) is 0 Å². The number of aryl methyl sites for hydroxylation is 1. The van der Waals surface area contributed by atoms with Gasteiger partial charge in [-0.05, 0) is 24.6 Å². The van der Waals surface area contributed by atoms with Gasteiger partial charge in [-0.1, -0.05) is 25.4 Å². The molecule has 1 N–H and O–H groups in total. The van der Waals surface area contributed by atoms with Gasteiger partial charge in [-0.2, -0.15) is 0 Å². The van der Waals surface area contributed by atoms with E-state index in [0.29, 0.717) is 16.1 Å². The molecule has 74 valence electrons. The monoisotopic (exact) mass is 204 g/mol. The van der Waals surface area contributed by atoms with Gasteiger partial charge in [0, 0.05) is 10.6 Å². The van der Waals surface area contributed by atoms with E-state index < -0.39 is 5.82 Å². The number of aliphatic hydroxyl groups excluding tert-OH is 1. The number of hydrogen-bond acceptors (Lipinski definition) is 1. The van der Waals surface area contributed by atoms with E-state index in [1.54, 1.807) is 13.0 Å². The third-order valence-electron chi connectivity index (χ3n) is 1.54. The first-order valence-corrected chi connectivity index (χ1v) is 4.58. The Labute approximate surface area is 83.2 Å². The highest BCUT2D eigenvalue weighted by Crippen LogP contribution is 2.18. The van der Waals surface area contributed by atoms with Crippen LogP contribution in [0, 0.1) is 12.7 Å². The lowest BCUT2D eigenvalue weighted by Gasteiger charge is -2.03. The third kappa shape index (κ3) is 3.33. The topological polar surface area (TPSA) is 20.2 Å². The maximum Gasteiger partial charge on any atom is 0.130 e. The summed E-state index contributed by atoms with van der Waals surface area (Å²) in [6.07, 6.45) is 0. The van der Waals surface area contributed by atoms with E-state index in [4.69, 9.17) is 16.7 Å². The summed E-state index contributed by atoms with van der Waals surface area (Å²) in [6.45, 7) is 5.43. The van der Waals surface area contributed by atoms with Crippen LogP contribution < -0.4 is 0 Å². The molecule has 13 heavy (non-hydrogen) atoms. The summed E-state index contributed by atoms with van der Waals surface area (Å²) in [4.78, 5) is 0. The second-order valence-corrected chi connectivity index (χ2v) is 2.78. The van der Waals surface area contributed by atoms with Crippen LogP contribution in [0.1, 0.15) is 25.0 Å². The minimum absolute atomic E-state index is 0.283. The van der Waals surface area contributed by atoms with Crippen molar-refractivity contribution < 1.29 is 9.50 Å². The van der Waals surface area contributed by atoms with Crippen LogP contribution in [0.15, 0.2) is 12.1 Å². The van der Waals surface area contributed by atoms with E-state index in [1.807, 2.05) is 13.8 Å². The first-order valence-electron chi connectivity index (χ1n) is 4.20. The van der Waals surface area contributed by atoms with Gasteiger partial charge in [0.15, 0.2) is 0 Å². The van der Waals surface area contributed by atoms with Gasteiger partial charge in [0.1, 0.15) is 5.82 Å². The van der Waals surface area contributed by atoms with Crippen molar-refractivity contribution in [1.82, 2.24) is 0 Å². The Morgan fingerprint density at radius 3 is 2.31 bits per heavy atom. The van der Waals surface area contributed by atoms with Crippen molar-refractivity contribution in [2.45, 2.75) is 27.4 Å².